The minimum atomic E-state index is -0.935. The average molecular weight is 308 g/mol. The lowest BCUT2D eigenvalue weighted by molar-refractivity contribution is -0.132. The van der Waals surface area contributed by atoms with Crippen LogP contribution in [0.5, 0.6) is 0 Å². The lowest BCUT2D eigenvalue weighted by Gasteiger charge is -2.22. The third-order valence-corrected chi connectivity index (χ3v) is 4.02. The summed E-state index contributed by atoms with van der Waals surface area (Å²) in [4.78, 5) is 9.60. The van der Waals surface area contributed by atoms with E-state index in [9.17, 15) is 4.79 Å². The van der Waals surface area contributed by atoms with Crippen LogP contribution >= 0.6 is 0 Å². The van der Waals surface area contributed by atoms with Crippen LogP contribution in [0.4, 0.5) is 0 Å². The topological polar surface area (TPSA) is 37.3 Å². The molecule has 1 N–H and O–H groups in total. The Morgan fingerprint density at radius 3 is 2.17 bits per heavy atom. The number of hydrogen-bond donors (Lipinski definition) is 1. The number of carbonyl (C=O) groups is 1. The van der Waals surface area contributed by atoms with Crippen LogP contribution in [0.15, 0.2) is 54.6 Å². The van der Waals surface area contributed by atoms with E-state index in [2.05, 4.69) is 69.8 Å². The Kier molecular flexibility index (Phi) is 4.74. The molecule has 1 aliphatic carbocycles. The lowest BCUT2D eigenvalue weighted by Crippen LogP contribution is -2.13. The summed E-state index contributed by atoms with van der Waals surface area (Å²) >= 11 is 0. The van der Waals surface area contributed by atoms with E-state index in [1.54, 1.807) is 0 Å². The fourth-order valence-corrected chi connectivity index (χ4v) is 2.86. The third kappa shape index (κ3) is 3.70. The molecule has 2 aromatic carbocycles. The maximum atomic E-state index is 9.60. The van der Waals surface area contributed by atoms with Crippen molar-refractivity contribution in [2.24, 2.45) is 0 Å². The van der Waals surface area contributed by atoms with Gasteiger partial charge in [0.2, 0.25) is 0 Å². The molecule has 0 saturated heterocycles. The van der Waals surface area contributed by atoms with Gasteiger partial charge < -0.3 is 5.11 Å². The monoisotopic (exact) mass is 308 g/mol. The Labute approximate surface area is 138 Å². The molecule has 0 heterocycles. The summed E-state index contributed by atoms with van der Waals surface area (Å²) in [6.45, 7) is 11.5. The molecule has 1 aliphatic rings. The molecule has 0 atom stereocenters. The first-order chi connectivity index (χ1) is 10.7. The van der Waals surface area contributed by atoms with Crippen LogP contribution in [0.1, 0.15) is 44.4 Å². The van der Waals surface area contributed by atoms with Crippen LogP contribution in [-0.2, 0) is 16.6 Å². The summed E-state index contributed by atoms with van der Waals surface area (Å²) < 4.78 is 0. The average Bonchev–Trinajstić information content (AvgIpc) is 2.85. The molecule has 0 aliphatic heterocycles. The minimum Gasteiger partial charge on any atom is -0.478 e. The van der Waals surface area contributed by atoms with E-state index in [0.717, 1.165) is 6.42 Å². The molecule has 0 spiro atoms. The Balaban J connectivity index is 0.000000277. The third-order valence-electron chi connectivity index (χ3n) is 4.02. The van der Waals surface area contributed by atoms with E-state index in [1.807, 2.05) is 0 Å². The van der Waals surface area contributed by atoms with Gasteiger partial charge in [-0.15, -0.1) is 0 Å². The van der Waals surface area contributed by atoms with Crippen LogP contribution in [0.3, 0.4) is 0 Å². The molecule has 0 bridgehead atoms. The van der Waals surface area contributed by atoms with E-state index in [1.165, 1.54) is 34.7 Å². The van der Waals surface area contributed by atoms with Crippen LogP contribution < -0.4 is 0 Å². The van der Waals surface area contributed by atoms with Crippen molar-refractivity contribution in [2.45, 2.75) is 39.5 Å². The molecule has 0 aromatic heterocycles. The number of carboxylic acids is 1. The fraction of sp³-hybridized carbons (Fsp3) is 0.286. The molecule has 3 rings (SSSR count). The number of carboxylic acid groups (broad SMARTS) is 1. The van der Waals surface area contributed by atoms with Crippen LogP contribution in [0.2, 0.25) is 0 Å². The predicted octanol–water partition coefficient (Wildman–Crippen LogP) is 5.20. The maximum Gasteiger partial charge on any atom is 0.330 e. The van der Waals surface area contributed by atoms with Gasteiger partial charge in [0.25, 0.3) is 0 Å². The van der Waals surface area contributed by atoms with Gasteiger partial charge in [-0.1, -0.05) is 69.8 Å². The second kappa shape index (κ2) is 6.41. The second-order valence-electron chi connectivity index (χ2n) is 7.00. The normalized spacial score (nSPS) is 11.8. The zero-order valence-electron chi connectivity index (χ0n) is 14.3. The van der Waals surface area contributed by atoms with Crippen molar-refractivity contribution < 1.29 is 9.90 Å². The summed E-state index contributed by atoms with van der Waals surface area (Å²) in [6.07, 6.45) is 1.10. The van der Waals surface area contributed by atoms with E-state index in [4.69, 9.17) is 5.11 Å². The van der Waals surface area contributed by atoms with Gasteiger partial charge in [0.1, 0.15) is 0 Å². The second-order valence-corrected chi connectivity index (χ2v) is 7.00. The van der Waals surface area contributed by atoms with Gasteiger partial charge >= 0.3 is 5.97 Å². The first-order valence-corrected chi connectivity index (χ1v) is 7.81. The molecular weight excluding hydrogens is 284 g/mol. The molecule has 120 valence electrons. The molecule has 23 heavy (non-hydrogen) atoms. The van der Waals surface area contributed by atoms with Crippen molar-refractivity contribution >= 4 is 5.97 Å². The highest BCUT2D eigenvalue weighted by Crippen LogP contribution is 2.41. The van der Waals surface area contributed by atoms with Gasteiger partial charge in [0, 0.05) is 5.57 Å². The maximum absolute atomic E-state index is 9.60. The zero-order chi connectivity index (χ0) is 17.2. The van der Waals surface area contributed by atoms with Gasteiger partial charge in [-0.25, -0.2) is 4.79 Å². The van der Waals surface area contributed by atoms with Gasteiger partial charge in [-0.2, -0.15) is 0 Å². The quantitative estimate of drug-likeness (QED) is 0.627. The number of rotatable bonds is 1. The van der Waals surface area contributed by atoms with E-state index >= 15 is 0 Å². The molecule has 0 saturated carbocycles. The molecule has 2 heteroatoms. The van der Waals surface area contributed by atoms with Gasteiger partial charge in [0.15, 0.2) is 0 Å². The highest BCUT2D eigenvalue weighted by atomic mass is 16.4. The minimum absolute atomic E-state index is 0.176. The number of benzene rings is 2. The molecule has 2 aromatic rings. The molecule has 0 radical (unpaired) electrons. The molecule has 0 amide bonds. The van der Waals surface area contributed by atoms with E-state index in [0.29, 0.717) is 0 Å². The SMILES string of the molecule is C=C(C)C(=O)O.CC(C)(C)c1cccc2c1Cc1ccccc1-2. The van der Waals surface area contributed by atoms with E-state index in [-0.39, 0.29) is 11.0 Å². The molecule has 0 unspecified atom stereocenters. The van der Waals surface area contributed by atoms with E-state index < -0.39 is 5.97 Å². The molecule has 2 nitrogen and oxygen atoms in total. The number of hydrogen-bond acceptors (Lipinski definition) is 1. The summed E-state index contributed by atoms with van der Waals surface area (Å²) in [5.41, 5.74) is 7.76. The molecular formula is C21H24O2. The zero-order valence-corrected chi connectivity index (χ0v) is 14.3. The van der Waals surface area contributed by atoms with Crippen LogP contribution in [0.25, 0.3) is 11.1 Å². The Morgan fingerprint density at radius 2 is 1.61 bits per heavy atom. The lowest BCUT2D eigenvalue weighted by atomic mass is 9.82. The first-order valence-electron chi connectivity index (χ1n) is 7.81. The first kappa shape index (κ1) is 17.0. The van der Waals surface area contributed by atoms with Crippen LogP contribution in [0, 0.1) is 0 Å². The Morgan fingerprint density at radius 1 is 1.04 bits per heavy atom. The van der Waals surface area contributed by atoms with Crippen molar-refractivity contribution in [1.82, 2.24) is 0 Å². The number of fused-ring (bicyclic) bond motifs is 3. The van der Waals surface area contributed by atoms with Crippen molar-refractivity contribution in [2.75, 3.05) is 0 Å². The largest absolute Gasteiger partial charge is 0.478 e. The highest BCUT2D eigenvalue weighted by Gasteiger charge is 2.25. The number of aliphatic carboxylic acids is 1. The standard InChI is InChI=1S/C17H18.C4H6O2/c1-17(2,3)16-10-6-9-14-13-8-5-4-7-12(13)11-15(14)16;1-3(2)4(5)6/h4-10H,11H2,1-3H3;1H2,2H3,(H,5,6). The van der Waals surface area contributed by atoms with Crippen molar-refractivity contribution in [3.05, 3.63) is 71.3 Å². The van der Waals surface area contributed by atoms with Crippen molar-refractivity contribution in [1.29, 1.82) is 0 Å². The smallest absolute Gasteiger partial charge is 0.330 e. The highest BCUT2D eigenvalue weighted by molar-refractivity contribution is 5.84. The van der Waals surface area contributed by atoms with Crippen LogP contribution in [-0.4, -0.2) is 11.1 Å². The Hall–Kier alpha value is -2.35. The molecule has 0 fully saturated rings. The summed E-state index contributed by atoms with van der Waals surface area (Å²) in [5.74, 6) is -0.935. The Bertz CT molecular complexity index is 737. The summed E-state index contributed by atoms with van der Waals surface area (Å²) in [6, 6.07) is 15.5. The van der Waals surface area contributed by atoms with Gasteiger partial charge in [-0.05, 0) is 46.6 Å². The van der Waals surface area contributed by atoms with Gasteiger partial charge in [0.05, 0.1) is 0 Å². The van der Waals surface area contributed by atoms with Crippen molar-refractivity contribution in [3.8, 4) is 11.1 Å². The predicted molar refractivity (Wildman–Crippen MR) is 95.8 cm³/mol. The van der Waals surface area contributed by atoms with Gasteiger partial charge in [-0.3, -0.25) is 0 Å². The van der Waals surface area contributed by atoms with Crippen molar-refractivity contribution in [3.63, 3.8) is 0 Å². The summed E-state index contributed by atoms with van der Waals surface area (Å²) in [5, 5.41) is 7.89. The summed E-state index contributed by atoms with van der Waals surface area (Å²) in [7, 11) is 0. The fourth-order valence-electron chi connectivity index (χ4n) is 2.86.